The first-order valence-corrected chi connectivity index (χ1v) is 6.17. The fourth-order valence-electron chi connectivity index (χ4n) is 1.71. The molecule has 3 nitrogen and oxygen atoms in total. The average molecular weight is 204 g/mol. The van der Waals surface area contributed by atoms with Crippen LogP contribution in [0.2, 0.25) is 0 Å². The number of hydrogen-bond donors (Lipinski definition) is 0. The zero-order chi connectivity index (χ0) is 9.31. The summed E-state index contributed by atoms with van der Waals surface area (Å²) in [5, 5.41) is 0. The Balaban J connectivity index is 1.69. The molecule has 3 heterocycles. The van der Waals surface area contributed by atoms with Gasteiger partial charge in [0.2, 0.25) is 6.29 Å². The molecule has 3 saturated heterocycles. The second-order valence-electron chi connectivity index (χ2n) is 3.98. The lowest BCUT2D eigenvalue weighted by Crippen LogP contribution is -2.36. The third-order valence-corrected chi connectivity index (χ3v) is 3.97. The number of rotatable bonds is 5. The van der Waals surface area contributed by atoms with Gasteiger partial charge in [0, 0.05) is 0 Å². The van der Waals surface area contributed by atoms with Crippen LogP contribution in [-0.4, -0.2) is 11.9 Å². The van der Waals surface area contributed by atoms with E-state index in [1.54, 1.807) is 0 Å². The number of unbranched alkanes of at least 4 members (excludes halogenated alkanes) is 3. The molecule has 2 bridgehead atoms. The van der Waals surface area contributed by atoms with Gasteiger partial charge in [-0.3, -0.25) is 9.05 Å². The minimum absolute atomic E-state index is 0.0692. The minimum Gasteiger partial charge on any atom is -0.300 e. The predicted octanol–water partition coefficient (Wildman–Crippen LogP) is 3.35. The Kier molecular flexibility index (Phi) is 2.89. The molecule has 0 spiro atoms. The lowest BCUT2D eigenvalue weighted by atomic mass is 9.97. The Morgan fingerprint density at radius 1 is 1.23 bits per heavy atom. The molecule has 3 aliphatic heterocycles. The molecule has 0 radical (unpaired) electrons. The van der Waals surface area contributed by atoms with E-state index < -0.39 is 8.60 Å². The van der Waals surface area contributed by atoms with Crippen LogP contribution in [0.3, 0.4) is 0 Å². The van der Waals surface area contributed by atoms with Crippen LogP contribution in [0.4, 0.5) is 0 Å². The zero-order valence-electron chi connectivity index (χ0n) is 8.28. The van der Waals surface area contributed by atoms with Crippen LogP contribution >= 0.6 is 8.60 Å². The molecule has 13 heavy (non-hydrogen) atoms. The first-order chi connectivity index (χ1) is 6.24. The molecule has 3 rings (SSSR count). The van der Waals surface area contributed by atoms with Crippen LogP contribution in [0.1, 0.15) is 46.0 Å². The van der Waals surface area contributed by atoms with Gasteiger partial charge in [0.05, 0.1) is 0 Å². The van der Waals surface area contributed by atoms with Crippen molar-refractivity contribution in [1.82, 2.24) is 0 Å². The highest BCUT2D eigenvalue weighted by molar-refractivity contribution is 7.43. The van der Waals surface area contributed by atoms with Crippen molar-refractivity contribution in [1.29, 1.82) is 0 Å². The second-order valence-corrected chi connectivity index (χ2v) is 5.03. The Morgan fingerprint density at radius 2 is 2.00 bits per heavy atom. The van der Waals surface area contributed by atoms with Gasteiger partial charge in [0.15, 0.2) is 0 Å². The van der Waals surface area contributed by atoms with Crippen molar-refractivity contribution < 1.29 is 13.6 Å². The molecule has 0 amide bonds. The molecule has 4 heteroatoms. The van der Waals surface area contributed by atoms with Crippen molar-refractivity contribution in [2.75, 3.05) is 0 Å². The van der Waals surface area contributed by atoms with E-state index in [1.807, 2.05) is 0 Å². The van der Waals surface area contributed by atoms with Crippen LogP contribution in [-0.2, 0) is 13.6 Å². The Labute approximate surface area is 80.7 Å². The molecule has 3 fully saturated rings. The largest absolute Gasteiger partial charge is 0.338 e. The van der Waals surface area contributed by atoms with Crippen LogP contribution in [0.15, 0.2) is 0 Å². The average Bonchev–Trinajstić information content (AvgIpc) is 2.50. The highest BCUT2D eigenvalue weighted by Gasteiger charge is 2.58. The molecular formula is C9H17O3P. The van der Waals surface area contributed by atoms with Crippen LogP contribution < -0.4 is 0 Å². The van der Waals surface area contributed by atoms with Gasteiger partial charge in [-0.05, 0) is 13.3 Å². The maximum absolute atomic E-state index is 5.62. The fourth-order valence-corrected chi connectivity index (χ4v) is 3.09. The first kappa shape index (κ1) is 9.85. The number of hydrogen-bond acceptors (Lipinski definition) is 3. The summed E-state index contributed by atoms with van der Waals surface area (Å²) < 4.78 is 16.3. The summed E-state index contributed by atoms with van der Waals surface area (Å²) in [4.78, 5) is 0. The van der Waals surface area contributed by atoms with E-state index in [2.05, 4.69) is 13.8 Å². The van der Waals surface area contributed by atoms with E-state index in [0.29, 0.717) is 0 Å². The number of fused-ring (bicyclic) bond motifs is 1. The molecule has 1 atom stereocenters. The van der Waals surface area contributed by atoms with Crippen LogP contribution in [0.25, 0.3) is 0 Å². The van der Waals surface area contributed by atoms with Crippen molar-refractivity contribution >= 4 is 8.60 Å². The molecule has 0 aromatic heterocycles. The topological polar surface area (TPSA) is 27.7 Å². The van der Waals surface area contributed by atoms with Crippen molar-refractivity contribution in [3.63, 3.8) is 0 Å². The van der Waals surface area contributed by atoms with Gasteiger partial charge in [0.1, 0.15) is 5.60 Å². The summed E-state index contributed by atoms with van der Waals surface area (Å²) >= 11 is 0. The lowest BCUT2D eigenvalue weighted by Gasteiger charge is -2.25. The fraction of sp³-hybridized carbons (Fsp3) is 1.00. The van der Waals surface area contributed by atoms with E-state index in [1.165, 1.54) is 25.7 Å². The van der Waals surface area contributed by atoms with Crippen LogP contribution in [0.5, 0.6) is 0 Å². The predicted molar refractivity (Wildman–Crippen MR) is 51.1 cm³/mol. The van der Waals surface area contributed by atoms with Crippen molar-refractivity contribution in [3.8, 4) is 0 Å². The maximum Gasteiger partial charge on any atom is 0.338 e. The quantitative estimate of drug-likeness (QED) is 0.507. The molecule has 3 aliphatic rings. The summed E-state index contributed by atoms with van der Waals surface area (Å²) in [5.41, 5.74) is -0.139. The molecule has 1 unspecified atom stereocenters. The van der Waals surface area contributed by atoms with Crippen molar-refractivity contribution in [2.24, 2.45) is 0 Å². The molecule has 76 valence electrons. The highest BCUT2D eigenvalue weighted by Crippen LogP contribution is 2.66. The third-order valence-electron chi connectivity index (χ3n) is 2.67. The van der Waals surface area contributed by atoms with E-state index in [-0.39, 0.29) is 11.9 Å². The first-order valence-electron chi connectivity index (χ1n) is 5.07. The van der Waals surface area contributed by atoms with Crippen molar-refractivity contribution in [2.45, 2.75) is 57.8 Å². The third kappa shape index (κ3) is 1.89. The summed E-state index contributed by atoms with van der Waals surface area (Å²) in [6, 6.07) is 0. The van der Waals surface area contributed by atoms with Crippen LogP contribution in [0, 0.1) is 0 Å². The van der Waals surface area contributed by atoms with E-state index in [0.717, 1.165) is 6.42 Å². The normalized spacial score (nSPS) is 42.0. The molecule has 0 N–H and O–H groups in total. The summed E-state index contributed by atoms with van der Waals surface area (Å²) in [6.45, 7) is 4.32. The zero-order valence-corrected chi connectivity index (χ0v) is 9.18. The SMILES string of the molecule is CCCCCCC1(C)OP2OC1O2. The lowest BCUT2D eigenvalue weighted by molar-refractivity contribution is -0.0915. The molecule has 0 aromatic rings. The summed E-state index contributed by atoms with van der Waals surface area (Å²) in [5.74, 6) is 0. The molecule has 0 aromatic carbocycles. The Hall–Kier alpha value is 0.310. The van der Waals surface area contributed by atoms with E-state index in [4.69, 9.17) is 13.6 Å². The Bertz CT molecular complexity index is 182. The highest BCUT2D eigenvalue weighted by atomic mass is 31.2. The van der Waals surface area contributed by atoms with E-state index in [9.17, 15) is 0 Å². The van der Waals surface area contributed by atoms with Gasteiger partial charge in [-0.25, -0.2) is 0 Å². The minimum atomic E-state index is -0.934. The summed E-state index contributed by atoms with van der Waals surface area (Å²) in [6.07, 6.45) is 6.10. The molecule has 0 saturated carbocycles. The monoisotopic (exact) mass is 204 g/mol. The van der Waals surface area contributed by atoms with Gasteiger partial charge in [-0.15, -0.1) is 0 Å². The second kappa shape index (κ2) is 3.82. The van der Waals surface area contributed by atoms with Gasteiger partial charge in [-0.2, -0.15) is 0 Å². The standard InChI is InChI=1S/C9H17O3P/c1-3-4-5-6-7-9(2)8-10-13(11-8)12-9/h8H,3-7H2,1-2H3. The van der Waals surface area contributed by atoms with E-state index >= 15 is 0 Å². The van der Waals surface area contributed by atoms with Gasteiger partial charge >= 0.3 is 8.60 Å². The molecule has 0 aliphatic carbocycles. The van der Waals surface area contributed by atoms with Gasteiger partial charge in [-0.1, -0.05) is 32.6 Å². The smallest absolute Gasteiger partial charge is 0.300 e. The Morgan fingerprint density at radius 3 is 2.54 bits per heavy atom. The van der Waals surface area contributed by atoms with Gasteiger partial charge < -0.3 is 4.52 Å². The summed E-state index contributed by atoms with van der Waals surface area (Å²) in [7, 11) is -0.934. The maximum atomic E-state index is 5.62. The molecular weight excluding hydrogens is 187 g/mol. The van der Waals surface area contributed by atoms with Crippen molar-refractivity contribution in [3.05, 3.63) is 0 Å². The van der Waals surface area contributed by atoms with Gasteiger partial charge in [0.25, 0.3) is 0 Å².